The van der Waals surface area contributed by atoms with Crippen molar-refractivity contribution in [1.29, 1.82) is 0 Å². The molecule has 0 radical (unpaired) electrons. The molecular weight excluding hydrogens is 443 g/mol. The van der Waals surface area contributed by atoms with Gasteiger partial charge in [-0.3, -0.25) is 9.10 Å². The molecule has 10 heteroatoms. The zero-order chi connectivity index (χ0) is 23.5. The number of amides is 1. The van der Waals surface area contributed by atoms with Gasteiger partial charge < -0.3 is 9.80 Å². The lowest BCUT2D eigenvalue weighted by atomic mass is 10.1. The van der Waals surface area contributed by atoms with Crippen LogP contribution in [0.4, 0.5) is 24.5 Å². The molecule has 1 unspecified atom stereocenters. The van der Waals surface area contributed by atoms with Crippen molar-refractivity contribution in [3.05, 3.63) is 60.2 Å². The molecule has 0 spiro atoms. The average molecular weight is 470 g/mol. The highest BCUT2D eigenvalue weighted by Gasteiger charge is 2.36. The van der Waals surface area contributed by atoms with Gasteiger partial charge in [-0.1, -0.05) is 31.2 Å². The fourth-order valence-electron chi connectivity index (χ4n) is 3.89. The Labute approximate surface area is 186 Å². The SMILES string of the molecule is CCC(C(=O)N1CCN(c2cccc(C(F)(F)F)c2)CC1)N(c1ccccc1)S(C)(=O)=O. The molecule has 32 heavy (non-hydrogen) atoms. The predicted molar refractivity (Wildman–Crippen MR) is 118 cm³/mol. The molecule has 0 N–H and O–H groups in total. The molecule has 1 aliphatic heterocycles. The summed E-state index contributed by atoms with van der Waals surface area (Å²) in [6, 6.07) is 12.7. The van der Waals surface area contributed by atoms with Crippen LogP contribution in [0.25, 0.3) is 0 Å². The molecule has 1 heterocycles. The van der Waals surface area contributed by atoms with Gasteiger partial charge in [-0.05, 0) is 36.8 Å². The molecule has 2 aromatic carbocycles. The molecule has 1 saturated heterocycles. The van der Waals surface area contributed by atoms with Gasteiger partial charge in [0.25, 0.3) is 0 Å². The Kier molecular flexibility index (Phi) is 7.02. The summed E-state index contributed by atoms with van der Waals surface area (Å²) in [5, 5.41) is 0. The normalized spacial score (nSPS) is 16.0. The predicted octanol–water partition coefficient (Wildman–Crippen LogP) is 3.60. The second-order valence-electron chi connectivity index (χ2n) is 7.68. The maximum absolute atomic E-state index is 13.3. The van der Waals surface area contributed by atoms with Crippen LogP contribution in [-0.4, -0.2) is 57.7 Å². The maximum atomic E-state index is 13.3. The minimum absolute atomic E-state index is 0.286. The third-order valence-electron chi connectivity index (χ3n) is 5.45. The number of benzene rings is 2. The molecule has 1 aliphatic rings. The second-order valence-corrected chi connectivity index (χ2v) is 9.54. The van der Waals surface area contributed by atoms with Crippen molar-refractivity contribution in [1.82, 2.24) is 4.90 Å². The summed E-state index contributed by atoms with van der Waals surface area (Å²) < 4.78 is 65.2. The molecule has 1 amide bonds. The van der Waals surface area contributed by atoms with Crippen molar-refractivity contribution in [2.75, 3.05) is 41.6 Å². The van der Waals surface area contributed by atoms with Crippen LogP contribution in [0, 0.1) is 0 Å². The molecule has 0 aliphatic carbocycles. The first-order valence-corrected chi connectivity index (χ1v) is 12.1. The van der Waals surface area contributed by atoms with Crippen molar-refractivity contribution in [3.63, 3.8) is 0 Å². The van der Waals surface area contributed by atoms with E-state index in [1.54, 1.807) is 53.1 Å². The van der Waals surface area contributed by atoms with E-state index >= 15 is 0 Å². The number of nitrogens with zero attached hydrogens (tertiary/aromatic N) is 3. The van der Waals surface area contributed by atoms with E-state index < -0.39 is 27.8 Å². The summed E-state index contributed by atoms with van der Waals surface area (Å²) in [5.41, 5.74) is 0.144. The smallest absolute Gasteiger partial charge is 0.368 e. The summed E-state index contributed by atoms with van der Waals surface area (Å²) >= 11 is 0. The van der Waals surface area contributed by atoms with Crippen LogP contribution in [0.1, 0.15) is 18.9 Å². The van der Waals surface area contributed by atoms with Crippen molar-refractivity contribution < 1.29 is 26.4 Å². The van der Waals surface area contributed by atoms with Crippen molar-refractivity contribution in [2.45, 2.75) is 25.6 Å². The molecule has 174 valence electrons. The van der Waals surface area contributed by atoms with Crippen LogP contribution in [-0.2, 0) is 21.0 Å². The van der Waals surface area contributed by atoms with Gasteiger partial charge >= 0.3 is 6.18 Å². The fraction of sp³-hybridized carbons (Fsp3) is 0.409. The van der Waals surface area contributed by atoms with Gasteiger partial charge in [0.05, 0.1) is 17.5 Å². The molecule has 0 aromatic heterocycles. The number of alkyl halides is 3. The number of para-hydroxylation sites is 1. The van der Waals surface area contributed by atoms with Gasteiger partial charge in [0.1, 0.15) is 6.04 Å². The zero-order valence-electron chi connectivity index (χ0n) is 17.9. The van der Waals surface area contributed by atoms with Crippen molar-refractivity contribution >= 4 is 27.3 Å². The molecule has 0 bridgehead atoms. The first kappa shape index (κ1) is 23.9. The Hall–Kier alpha value is -2.75. The van der Waals surface area contributed by atoms with E-state index in [2.05, 4.69) is 0 Å². The van der Waals surface area contributed by atoms with E-state index in [1.165, 1.54) is 6.07 Å². The molecule has 1 atom stereocenters. The number of carbonyl (C=O) groups is 1. The van der Waals surface area contributed by atoms with Crippen molar-refractivity contribution in [2.24, 2.45) is 0 Å². The van der Waals surface area contributed by atoms with Gasteiger partial charge in [-0.15, -0.1) is 0 Å². The van der Waals surface area contributed by atoms with E-state index in [4.69, 9.17) is 0 Å². The lowest BCUT2D eigenvalue weighted by Crippen LogP contribution is -2.56. The largest absolute Gasteiger partial charge is 0.416 e. The summed E-state index contributed by atoms with van der Waals surface area (Å²) in [7, 11) is -3.72. The topological polar surface area (TPSA) is 60.9 Å². The second kappa shape index (κ2) is 9.40. The number of rotatable bonds is 6. The molecule has 1 fully saturated rings. The standard InChI is InChI=1S/C22H26F3N3O3S/c1-3-20(28(32(2,30)31)18-9-5-4-6-10-18)21(29)27-14-12-26(13-15-27)19-11-7-8-17(16-19)22(23,24)25/h4-11,16,20H,3,12-15H2,1-2H3. The van der Waals surface area contributed by atoms with Crippen LogP contribution in [0.3, 0.4) is 0 Å². The van der Waals surface area contributed by atoms with E-state index in [-0.39, 0.29) is 25.4 Å². The molecule has 2 aromatic rings. The Bertz CT molecular complexity index is 1040. The Balaban J connectivity index is 1.75. The van der Waals surface area contributed by atoms with Crippen LogP contribution in [0.2, 0.25) is 0 Å². The first-order valence-electron chi connectivity index (χ1n) is 10.3. The number of carbonyl (C=O) groups excluding carboxylic acids is 1. The van der Waals surface area contributed by atoms with Gasteiger partial charge in [0, 0.05) is 31.9 Å². The third kappa shape index (κ3) is 5.35. The number of piperazine rings is 1. The van der Waals surface area contributed by atoms with Crippen LogP contribution in [0.5, 0.6) is 0 Å². The lowest BCUT2D eigenvalue weighted by molar-refractivity contribution is -0.137. The number of halogens is 3. The summed E-state index contributed by atoms with van der Waals surface area (Å²) in [6.07, 6.45) is -3.06. The average Bonchev–Trinajstić information content (AvgIpc) is 2.76. The summed E-state index contributed by atoms with van der Waals surface area (Å²) in [4.78, 5) is 16.7. The number of anilines is 2. The van der Waals surface area contributed by atoms with E-state index in [0.717, 1.165) is 22.7 Å². The molecule has 0 saturated carbocycles. The monoisotopic (exact) mass is 469 g/mol. The van der Waals surface area contributed by atoms with Crippen LogP contribution in [0.15, 0.2) is 54.6 Å². The van der Waals surface area contributed by atoms with E-state index in [0.29, 0.717) is 24.5 Å². The number of sulfonamides is 1. The minimum Gasteiger partial charge on any atom is -0.368 e. The van der Waals surface area contributed by atoms with Crippen LogP contribution < -0.4 is 9.21 Å². The minimum atomic E-state index is -4.42. The van der Waals surface area contributed by atoms with Crippen molar-refractivity contribution in [3.8, 4) is 0 Å². The van der Waals surface area contributed by atoms with Gasteiger partial charge in [0.15, 0.2) is 0 Å². The van der Waals surface area contributed by atoms with Crippen LogP contribution >= 0.6 is 0 Å². The van der Waals surface area contributed by atoms with E-state index in [1.807, 2.05) is 0 Å². The highest BCUT2D eigenvalue weighted by Crippen LogP contribution is 2.32. The quantitative estimate of drug-likeness (QED) is 0.649. The van der Waals surface area contributed by atoms with Gasteiger partial charge in [-0.2, -0.15) is 13.2 Å². The highest BCUT2D eigenvalue weighted by molar-refractivity contribution is 7.92. The summed E-state index contributed by atoms with van der Waals surface area (Å²) in [5.74, 6) is -0.314. The van der Waals surface area contributed by atoms with E-state index in [9.17, 15) is 26.4 Å². The molecule has 3 rings (SSSR count). The fourth-order valence-corrected chi connectivity index (χ4v) is 5.10. The first-order chi connectivity index (χ1) is 15.0. The highest BCUT2D eigenvalue weighted by atomic mass is 32.2. The lowest BCUT2D eigenvalue weighted by Gasteiger charge is -2.39. The van der Waals surface area contributed by atoms with Gasteiger partial charge in [-0.25, -0.2) is 8.42 Å². The molecule has 6 nitrogen and oxygen atoms in total. The third-order valence-corrected chi connectivity index (χ3v) is 6.63. The van der Waals surface area contributed by atoms with Gasteiger partial charge in [0.2, 0.25) is 15.9 Å². The number of hydrogen-bond donors (Lipinski definition) is 0. The summed E-state index contributed by atoms with van der Waals surface area (Å²) in [6.45, 7) is 3.04. The maximum Gasteiger partial charge on any atom is 0.416 e. The number of hydrogen-bond acceptors (Lipinski definition) is 4. The molecular formula is C22H26F3N3O3S. The Morgan fingerprint density at radius 1 is 1.03 bits per heavy atom. The Morgan fingerprint density at radius 2 is 1.66 bits per heavy atom. The Morgan fingerprint density at radius 3 is 2.19 bits per heavy atom. The zero-order valence-corrected chi connectivity index (χ0v) is 18.7.